The molecule has 0 aliphatic carbocycles. The highest BCUT2D eigenvalue weighted by Gasteiger charge is 2.37. The maximum atomic E-state index is 12.7. The summed E-state index contributed by atoms with van der Waals surface area (Å²) >= 11 is 1.41. The fourth-order valence-electron chi connectivity index (χ4n) is 3.48. The molecular formula is C17H20N4O2S2. The Morgan fingerprint density at radius 1 is 1.16 bits per heavy atom. The summed E-state index contributed by atoms with van der Waals surface area (Å²) in [5.74, 6) is 0.191. The van der Waals surface area contributed by atoms with Crippen LogP contribution in [-0.2, 0) is 15.8 Å². The second-order valence-corrected chi connectivity index (χ2v) is 8.35. The molecule has 1 N–H and O–H groups in total. The number of likely N-dealkylation sites (tertiary alicyclic amines) is 1. The Morgan fingerprint density at radius 2 is 1.92 bits per heavy atom. The van der Waals surface area contributed by atoms with Crippen LogP contribution < -0.4 is 9.62 Å². The quantitative estimate of drug-likeness (QED) is 0.871. The molecule has 3 heterocycles. The fourth-order valence-corrected chi connectivity index (χ4v) is 4.98. The van der Waals surface area contributed by atoms with E-state index in [1.165, 1.54) is 24.2 Å². The summed E-state index contributed by atoms with van der Waals surface area (Å²) in [4.78, 5) is 21.6. The van der Waals surface area contributed by atoms with Gasteiger partial charge in [-0.3, -0.25) is 14.4 Å². The van der Waals surface area contributed by atoms with Gasteiger partial charge in [0.1, 0.15) is 0 Å². The van der Waals surface area contributed by atoms with Gasteiger partial charge in [-0.05, 0) is 56.6 Å². The molecule has 2 aliphatic rings. The van der Waals surface area contributed by atoms with E-state index in [2.05, 4.69) is 14.6 Å². The van der Waals surface area contributed by atoms with Gasteiger partial charge in [0.05, 0.1) is 10.9 Å². The minimum atomic E-state index is -1.35. The van der Waals surface area contributed by atoms with Crippen LogP contribution in [0.4, 0.5) is 10.8 Å². The van der Waals surface area contributed by atoms with Crippen molar-refractivity contribution in [3.8, 4) is 0 Å². The molecule has 2 atom stereocenters. The SMILES string of the molecule is O=C1C(N2CCCC2)CCN1c1ccc(S(=O)Nc2nccs2)cc1. The number of benzene rings is 1. The van der Waals surface area contributed by atoms with Gasteiger partial charge in [-0.1, -0.05) is 0 Å². The molecule has 2 fully saturated rings. The zero-order chi connectivity index (χ0) is 17.2. The molecule has 0 spiro atoms. The van der Waals surface area contributed by atoms with E-state index in [1.54, 1.807) is 6.20 Å². The number of nitrogens with zero attached hydrogens (tertiary/aromatic N) is 3. The molecule has 0 saturated carbocycles. The number of rotatable bonds is 5. The molecule has 0 bridgehead atoms. The van der Waals surface area contributed by atoms with Crippen LogP contribution >= 0.6 is 11.3 Å². The number of carbonyl (C=O) groups excluding carboxylic acids is 1. The lowest BCUT2D eigenvalue weighted by Crippen LogP contribution is -2.40. The maximum absolute atomic E-state index is 12.7. The summed E-state index contributed by atoms with van der Waals surface area (Å²) < 4.78 is 15.2. The Hall–Kier alpha value is -1.77. The molecule has 2 unspecified atom stereocenters. The predicted octanol–water partition coefficient (Wildman–Crippen LogP) is 2.48. The second-order valence-electron chi connectivity index (χ2n) is 6.24. The van der Waals surface area contributed by atoms with Crippen molar-refractivity contribution in [3.05, 3.63) is 35.8 Å². The highest BCUT2D eigenvalue weighted by molar-refractivity contribution is 7.86. The van der Waals surface area contributed by atoms with E-state index >= 15 is 0 Å². The monoisotopic (exact) mass is 376 g/mol. The summed E-state index contributed by atoms with van der Waals surface area (Å²) in [6.45, 7) is 2.81. The number of hydrogen-bond acceptors (Lipinski definition) is 5. The van der Waals surface area contributed by atoms with Gasteiger partial charge in [0.15, 0.2) is 16.1 Å². The molecule has 8 heteroatoms. The Morgan fingerprint density at radius 3 is 2.60 bits per heavy atom. The van der Waals surface area contributed by atoms with Crippen molar-refractivity contribution in [2.75, 3.05) is 29.3 Å². The molecule has 0 radical (unpaired) electrons. The predicted molar refractivity (Wildman–Crippen MR) is 100 cm³/mol. The average molecular weight is 377 g/mol. The van der Waals surface area contributed by atoms with Crippen LogP contribution in [0.3, 0.4) is 0 Å². The molecule has 2 aromatic rings. The lowest BCUT2D eigenvalue weighted by molar-refractivity contribution is -0.121. The van der Waals surface area contributed by atoms with Crippen LogP contribution in [0.1, 0.15) is 19.3 Å². The van der Waals surface area contributed by atoms with E-state index in [4.69, 9.17) is 0 Å². The van der Waals surface area contributed by atoms with Gasteiger partial charge in [-0.15, -0.1) is 11.3 Å². The third-order valence-corrected chi connectivity index (χ3v) is 6.63. The first kappa shape index (κ1) is 16.7. The van der Waals surface area contributed by atoms with Gasteiger partial charge >= 0.3 is 0 Å². The topological polar surface area (TPSA) is 65.5 Å². The van der Waals surface area contributed by atoms with E-state index in [1.807, 2.05) is 34.5 Å². The van der Waals surface area contributed by atoms with Gasteiger partial charge in [0.2, 0.25) is 5.91 Å². The summed E-state index contributed by atoms with van der Waals surface area (Å²) in [7, 11) is -1.35. The highest BCUT2D eigenvalue weighted by Crippen LogP contribution is 2.27. The maximum Gasteiger partial charge on any atom is 0.244 e. The average Bonchev–Trinajstić information content (AvgIpc) is 3.36. The van der Waals surface area contributed by atoms with Crippen molar-refractivity contribution in [2.45, 2.75) is 30.2 Å². The molecule has 1 aromatic carbocycles. The normalized spacial score (nSPS) is 22.5. The Labute approximate surface area is 153 Å². The van der Waals surface area contributed by atoms with Crippen molar-refractivity contribution < 1.29 is 9.00 Å². The minimum Gasteiger partial charge on any atom is -0.311 e. The molecule has 132 valence electrons. The van der Waals surface area contributed by atoms with E-state index in [-0.39, 0.29) is 11.9 Å². The molecule has 2 saturated heterocycles. The van der Waals surface area contributed by atoms with Crippen LogP contribution in [0.5, 0.6) is 0 Å². The molecule has 25 heavy (non-hydrogen) atoms. The van der Waals surface area contributed by atoms with Crippen molar-refractivity contribution in [1.82, 2.24) is 9.88 Å². The van der Waals surface area contributed by atoms with Gasteiger partial charge in [0.25, 0.3) is 0 Å². The number of amides is 1. The van der Waals surface area contributed by atoms with Crippen LogP contribution in [-0.4, -0.2) is 45.7 Å². The van der Waals surface area contributed by atoms with Gasteiger partial charge in [0, 0.05) is 23.8 Å². The summed E-state index contributed by atoms with van der Waals surface area (Å²) in [6.07, 6.45) is 4.94. The van der Waals surface area contributed by atoms with E-state index in [9.17, 15) is 9.00 Å². The number of carbonyl (C=O) groups is 1. The number of aromatic nitrogens is 1. The fraction of sp³-hybridized carbons (Fsp3) is 0.412. The van der Waals surface area contributed by atoms with Crippen LogP contribution in [0.25, 0.3) is 0 Å². The molecule has 2 aliphatic heterocycles. The van der Waals surface area contributed by atoms with E-state index < -0.39 is 11.0 Å². The smallest absolute Gasteiger partial charge is 0.244 e. The molecule has 1 aromatic heterocycles. The first-order valence-electron chi connectivity index (χ1n) is 8.46. The van der Waals surface area contributed by atoms with Crippen molar-refractivity contribution >= 4 is 39.0 Å². The first-order chi connectivity index (χ1) is 12.2. The molecule has 1 amide bonds. The van der Waals surface area contributed by atoms with Crippen LogP contribution in [0, 0.1) is 0 Å². The number of anilines is 2. The van der Waals surface area contributed by atoms with Crippen molar-refractivity contribution in [3.63, 3.8) is 0 Å². The zero-order valence-corrected chi connectivity index (χ0v) is 15.4. The Kier molecular flexibility index (Phi) is 4.82. The standard InChI is InChI=1S/C17H20N4O2S2/c22-16-15(20-9-1-2-10-20)7-11-21(16)13-3-5-14(6-4-13)25(23)19-17-18-8-12-24-17/h3-6,8,12,15H,1-2,7,9-11H2,(H,18,19). The Balaban J connectivity index is 1.43. The zero-order valence-electron chi connectivity index (χ0n) is 13.8. The van der Waals surface area contributed by atoms with Gasteiger partial charge < -0.3 is 4.90 Å². The number of thiazole rings is 1. The number of nitrogens with one attached hydrogen (secondary N) is 1. The lowest BCUT2D eigenvalue weighted by Gasteiger charge is -2.22. The van der Waals surface area contributed by atoms with Gasteiger partial charge in [-0.25, -0.2) is 9.19 Å². The largest absolute Gasteiger partial charge is 0.311 e. The van der Waals surface area contributed by atoms with Crippen molar-refractivity contribution in [2.24, 2.45) is 0 Å². The summed E-state index contributed by atoms with van der Waals surface area (Å²) in [6, 6.07) is 7.40. The van der Waals surface area contributed by atoms with Gasteiger partial charge in [-0.2, -0.15) is 0 Å². The van der Waals surface area contributed by atoms with E-state index in [0.717, 1.165) is 31.7 Å². The first-order valence-corrected chi connectivity index (χ1v) is 10.5. The highest BCUT2D eigenvalue weighted by atomic mass is 32.2. The second kappa shape index (κ2) is 7.23. The molecule has 6 nitrogen and oxygen atoms in total. The lowest BCUT2D eigenvalue weighted by atomic mass is 10.2. The van der Waals surface area contributed by atoms with Crippen LogP contribution in [0.2, 0.25) is 0 Å². The van der Waals surface area contributed by atoms with Crippen molar-refractivity contribution in [1.29, 1.82) is 0 Å². The third kappa shape index (κ3) is 3.47. The van der Waals surface area contributed by atoms with Crippen LogP contribution in [0.15, 0.2) is 40.7 Å². The third-order valence-electron chi connectivity index (χ3n) is 4.73. The Bertz CT molecular complexity index is 757. The molecule has 4 rings (SSSR count). The minimum absolute atomic E-state index is 0.0304. The summed E-state index contributed by atoms with van der Waals surface area (Å²) in [5, 5.41) is 2.46. The van der Waals surface area contributed by atoms with E-state index in [0.29, 0.717) is 10.0 Å². The summed E-state index contributed by atoms with van der Waals surface area (Å²) in [5.41, 5.74) is 0.877. The number of hydrogen-bond donors (Lipinski definition) is 1. The molecular weight excluding hydrogens is 356 g/mol.